The maximum Gasteiger partial charge on any atom is 0.342 e. The van der Waals surface area contributed by atoms with E-state index in [1.807, 2.05) is 6.07 Å². The Balaban J connectivity index is 2.03. The Morgan fingerprint density at radius 1 is 1.46 bits per heavy atom. The van der Waals surface area contributed by atoms with Crippen LogP contribution < -0.4 is 4.74 Å². The van der Waals surface area contributed by atoms with Gasteiger partial charge in [0.15, 0.2) is 18.3 Å². The molecule has 0 unspecified atom stereocenters. The Labute approximate surface area is 142 Å². The zero-order chi connectivity index (χ0) is 17.7. The fourth-order valence-electron chi connectivity index (χ4n) is 1.88. The number of hydrogen-bond acceptors (Lipinski definition) is 8. The van der Waals surface area contributed by atoms with E-state index in [1.165, 1.54) is 36.6 Å². The lowest BCUT2D eigenvalue weighted by Gasteiger charge is -2.08. The van der Waals surface area contributed by atoms with E-state index in [0.29, 0.717) is 16.5 Å². The first-order valence-electron chi connectivity index (χ1n) is 6.84. The van der Waals surface area contributed by atoms with Crippen molar-refractivity contribution >= 4 is 23.1 Å². The van der Waals surface area contributed by atoms with Gasteiger partial charge in [-0.3, -0.25) is 4.79 Å². The van der Waals surface area contributed by atoms with E-state index >= 15 is 0 Å². The third kappa shape index (κ3) is 3.88. The Morgan fingerprint density at radius 3 is 2.75 bits per heavy atom. The lowest BCUT2D eigenvalue weighted by atomic mass is 10.1. The Hall–Kier alpha value is -2.92. The molecular weight excluding hydrogens is 332 g/mol. The molecular formula is C16H14N2O5S. The number of phenolic OH excluding ortho intramolecular Hbond substituents is 1. The quantitative estimate of drug-likeness (QED) is 0.798. The van der Waals surface area contributed by atoms with Crippen LogP contribution in [0.2, 0.25) is 0 Å². The molecule has 1 aromatic heterocycles. The number of esters is 1. The van der Waals surface area contributed by atoms with Crippen LogP contribution in [-0.4, -0.2) is 35.6 Å². The number of aromatic hydroxyl groups is 1. The van der Waals surface area contributed by atoms with Crippen molar-refractivity contribution in [2.75, 3.05) is 13.7 Å². The molecule has 2 rings (SSSR count). The SMILES string of the molecule is COc1ccc(C(=O)OCC(=O)[C@@H](C#N)c2nc(C)cs2)c(O)c1. The first-order valence-corrected chi connectivity index (χ1v) is 7.72. The number of ketones is 1. The van der Waals surface area contributed by atoms with Crippen molar-refractivity contribution < 1.29 is 24.2 Å². The largest absolute Gasteiger partial charge is 0.507 e. The van der Waals surface area contributed by atoms with E-state index in [-0.39, 0.29) is 11.3 Å². The number of Topliss-reactive ketones (excluding diaryl/α,β-unsaturated/α-hetero) is 1. The molecule has 0 saturated heterocycles. The van der Waals surface area contributed by atoms with Crippen molar-refractivity contribution in [3.8, 4) is 17.6 Å². The fraction of sp³-hybridized carbons (Fsp3) is 0.250. The van der Waals surface area contributed by atoms with E-state index in [0.717, 1.165) is 0 Å². The average molecular weight is 346 g/mol. The molecule has 1 atom stereocenters. The van der Waals surface area contributed by atoms with E-state index in [1.54, 1.807) is 12.3 Å². The van der Waals surface area contributed by atoms with Crippen LogP contribution >= 0.6 is 11.3 Å². The molecule has 24 heavy (non-hydrogen) atoms. The maximum absolute atomic E-state index is 12.1. The molecule has 7 nitrogen and oxygen atoms in total. The third-order valence-electron chi connectivity index (χ3n) is 3.11. The molecule has 0 aliphatic rings. The summed E-state index contributed by atoms with van der Waals surface area (Å²) in [5.74, 6) is -2.47. The molecule has 0 aliphatic heterocycles. The van der Waals surface area contributed by atoms with Gasteiger partial charge in [-0.15, -0.1) is 11.3 Å². The van der Waals surface area contributed by atoms with Gasteiger partial charge >= 0.3 is 5.97 Å². The Morgan fingerprint density at radius 2 is 2.21 bits per heavy atom. The maximum atomic E-state index is 12.1. The van der Waals surface area contributed by atoms with Crippen LogP contribution in [0, 0.1) is 18.3 Å². The lowest BCUT2D eigenvalue weighted by molar-refractivity contribution is -0.122. The van der Waals surface area contributed by atoms with E-state index in [2.05, 4.69) is 4.98 Å². The summed E-state index contributed by atoms with van der Waals surface area (Å²) >= 11 is 1.20. The standard InChI is InChI=1S/C16H14N2O5S/c1-9-8-24-15(18-9)12(6-17)14(20)7-23-16(21)11-4-3-10(22-2)5-13(11)19/h3-5,8,12,19H,7H2,1-2H3/t12-/m1/s1. The molecule has 1 heterocycles. The number of thiazole rings is 1. The second kappa shape index (κ2) is 7.57. The minimum absolute atomic E-state index is 0.0952. The number of nitrogens with zero attached hydrogens (tertiary/aromatic N) is 2. The first-order chi connectivity index (χ1) is 11.5. The van der Waals surface area contributed by atoms with Gasteiger partial charge in [-0.1, -0.05) is 0 Å². The van der Waals surface area contributed by atoms with Gasteiger partial charge < -0.3 is 14.6 Å². The number of carbonyl (C=O) groups excluding carboxylic acids is 2. The molecule has 0 spiro atoms. The number of benzene rings is 1. The van der Waals surface area contributed by atoms with Crippen molar-refractivity contribution in [1.29, 1.82) is 5.26 Å². The van der Waals surface area contributed by atoms with Crippen molar-refractivity contribution in [3.05, 3.63) is 39.8 Å². The Bertz CT molecular complexity index is 809. The zero-order valence-corrected chi connectivity index (χ0v) is 13.8. The molecule has 2 aromatic rings. The number of methoxy groups -OCH3 is 1. The zero-order valence-electron chi connectivity index (χ0n) is 13.0. The molecule has 0 amide bonds. The van der Waals surface area contributed by atoms with Gasteiger partial charge in [0, 0.05) is 17.1 Å². The summed E-state index contributed by atoms with van der Waals surface area (Å²) in [6, 6.07) is 5.93. The molecule has 0 radical (unpaired) electrons. The normalized spacial score (nSPS) is 11.4. The van der Waals surface area contributed by atoms with Gasteiger partial charge in [-0.2, -0.15) is 5.26 Å². The highest BCUT2D eigenvalue weighted by molar-refractivity contribution is 7.09. The molecule has 0 fully saturated rings. The summed E-state index contributed by atoms with van der Waals surface area (Å²) in [5, 5.41) is 21.0. The molecule has 0 bridgehead atoms. The van der Waals surface area contributed by atoms with Crippen LogP contribution in [-0.2, 0) is 9.53 Å². The molecule has 8 heteroatoms. The second-order valence-corrected chi connectivity index (χ2v) is 5.70. The molecule has 0 saturated carbocycles. The number of nitriles is 1. The number of carbonyl (C=O) groups is 2. The smallest absolute Gasteiger partial charge is 0.342 e. The summed E-state index contributed by atoms with van der Waals surface area (Å²) in [5.41, 5.74) is 0.616. The summed E-state index contributed by atoms with van der Waals surface area (Å²) in [4.78, 5) is 28.1. The van der Waals surface area contributed by atoms with Crippen LogP contribution in [0.4, 0.5) is 0 Å². The third-order valence-corrected chi connectivity index (χ3v) is 4.13. The van der Waals surface area contributed by atoms with Crippen LogP contribution in [0.3, 0.4) is 0 Å². The molecule has 0 aliphatic carbocycles. The highest BCUT2D eigenvalue weighted by Crippen LogP contribution is 2.24. The van der Waals surface area contributed by atoms with Gasteiger partial charge in [-0.05, 0) is 19.1 Å². The predicted octanol–water partition coefficient (Wildman–Crippen LogP) is 2.20. The van der Waals surface area contributed by atoms with Crippen LogP contribution in [0.5, 0.6) is 11.5 Å². The van der Waals surface area contributed by atoms with Gasteiger partial charge in [0.25, 0.3) is 0 Å². The lowest BCUT2D eigenvalue weighted by Crippen LogP contribution is -2.20. The van der Waals surface area contributed by atoms with E-state index in [4.69, 9.17) is 14.7 Å². The fourth-order valence-corrected chi connectivity index (χ4v) is 2.74. The molecule has 124 valence electrons. The number of phenols is 1. The van der Waals surface area contributed by atoms with Crippen LogP contribution in [0.15, 0.2) is 23.6 Å². The number of aromatic nitrogens is 1. The minimum atomic E-state index is -1.08. The van der Waals surface area contributed by atoms with Crippen molar-refractivity contribution in [2.45, 2.75) is 12.8 Å². The van der Waals surface area contributed by atoms with Gasteiger partial charge in [0.2, 0.25) is 0 Å². The highest BCUT2D eigenvalue weighted by Gasteiger charge is 2.25. The summed E-state index contributed by atoms with van der Waals surface area (Å²) in [6.45, 7) is 1.17. The van der Waals surface area contributed by atoms with Gasteiger partial charge in [-0.25, -0.2) is 9.78 Å². The van der Waals surface area contributed by atoms with Crippen molar-refractivity contribution in [2.24, 2.45) is 0 Å². The molecule has 1 N–H and O–H groups in total. The average Bonchev–Trinajstić information content (AvgIpc) is 2.99. The minimum Gasteiger partial charge on any atom is -0.507 e. The topological polar surface area (TPSA) is 110 Å². The van der Waals surface area contributed by atoms with Crippen LogP contribution in [0.1, 0.15) is 27.0 Å². The van der Waals surface area contributed by atoms with Crippen LogP contribution in [0.25, 0.3) is 0 Å². The van der Waals surface area contributed by atoms with Gasteiger partial charge in [0.1, 0.15) is 22.1 Å². The highest BCUT2D eigenvalue weighted by atomic mass is 32.1. The van der Waals surface area contributed by atoms with Gasteiger partial charge in [0.05, 0.1) is 13.2 Å². The second-order valence-electron chi connectivity index (χ2n) is 4.81. The number of ether oxygens (including phenoxy) is 2. The molecule has 1 aromatic carbocycles. The van der Waals surface area contributed by atoms with E-state index in [9.17, 15) is 14.7 Å². The van der Waals surface area contributed by atoms with Crippen molar-refractivity contribution in [1.82, 2.24) is 4.98 Å². The van der Waals surface area contributed by atoms with Crippen molar-refractivity contribution in [3.63, 3.8) is 0 Å². The Kier molecular flexibility index (Phi) is 5.50. The predicted molar refractivity (Wildman–Crippen MR) is 85.2 cm³/mol. The monoisotopic (exact) mass is 346 g/mol. The summed E-state index contributed by atoms with van der Waals surface area (Å²) in [7, 11) is 1.42. The first kappa shape index (κ1) is 17.4. The van der Waals surface area contributed by atoms with E-state index < -0.39 is 24.3 Å². The summed E-state index contributed by atoms with van der Waals surface area (Å²) in [6.07, 6.45) is 0. The number of rotatable bonds is 6. The number of hydrogen-bond donors (Lipinski definition) is 1. The summed E-state index contributed by atoms with van der Waals surface area (Å²) < 4.78 is 9.81. The number of aryl methyl sites for hydroxylation is 1.